The van der Waals surface area contributed by atoms with E-state index in [0.29, 0.717) is 11.1 Å². The SMILES string of the molecule is O=C(O)c1c(-c2c(-c3ccccc3)cccc2[N+](=O)[O-])nnn1Cc1ccccc1. The monoisotopic (exact) mass is 400 g/mol. The lowest BCUT2D eigenvalue weighted by Gasteiger charge is -2.10. The molecular weight excluding hydrogens is 384 g/mol. The van der Waals surface area contributed by atoms with Gasteiger partial charge in [-0.2, -0.15) is 0 Å². The number of carbonyl (C=O) groups is 1. The van der Waals surface area contributed by atoms with E-state index in [1.807, 2.05) is 48.5 Å². The van der Waals surface area contributed by atoms with Gasteiger partial charge in [0.05, 0.1) is 17.0 Å². The molecule has 0 saturated heterocycles. The Morgan fingerprint density at radius 2 is 1.63 bits per heavy atom. The highest BCUT2D eigenvalue weighted by Gasteiger charge is 2.29. The van der Waals surface area contributed by atoms with Crippen molar-refractivity contribution in [3.8, 4) is 22.4 Å². The first-order chi connectivity index (χ1) is 14.6. The van der Waals surface area contributed by atoms with Crippen LogP contribution in [0.4, 0.5) is 5.69 Å². The van der Waals surface area contributed by atoms with Crippen LogP contribution in [0.3, 0.4) is 0 Å². The molecule has 0 fully saturated rings. The van der Waals surface area contributed by atoms with Crippen molar-refractivity contribution < 1.29 is 14.8 Å². The van der Waals surface area contributed by atoms with Crippen LogP contribution in [-0.2, 0) is 6.54 Å². The predicted octanol–water partition coefficient (Wildman–Crippen LogP) is 4.27. The topological polar surface area (TPSA) is 111 Å². The van der Waals surface area contributed by atoms with Gasteiger partial charge in [-0.25, -0.2) is 9.48 Å². The first-order valence-corrected chi connectivity index (χ1v) is 9.10. The van der Waals surface area contributed by atoms with E-state index in [2.05, 4.69) is 10.3 Å². The molecule has 0 saturated carbocycles. The van der Waals surface area contributed by atoms with E-state index in [4.69, 9.17) is 0 Å². The minimum Gasteiger partial charge on any atom is -0.476 e. The number of hydrogen-bond donors (Lipinski definition) is 1. The summed E-state index contributed by atoms with van der Waals surface area (Å²) in [4.78, 5) is 23.3. The Morgan fingerprint density at radius 3 is 2.27 bits per heavy atom. The number of carboxylic acid groups (broad SMARTS) is 1. The quantitative estimate of drug-likeness (QED) is 0.382. The van der Waals surface area contributed by atoms with Crippen LogP contribution in [-0.4, -0.2) is 31.0 Å². The third-order valence-electron chi connectivity index (χ3n) is 4.67. The predicted molar refractivity (Wildman–Crippen MR) is 110 cm³/mol. The first-order valence-electron chi connectivity index (χ1n) is 9.10. The Hall–Kier alpha value is -4.33. The summed E-state index contributed by atoms with van der Waals surface area (Å²) >= 11 is 0. The lowest BCUT2D eigenvalue weighted by Crippen LogP contribution is -2.12. The number of nitro groups is 1. The van der Waals surface area contributed by atoms with Crippen molar-refractivity contribution in [2.45, 2.75) is 6.54 Å². The Balaban J connectivity index is 1.94. The molecule has 8 nitrogen and oxygen atoms in total. The lowest BCUT2D eigenvalue weighted by atomic mass is 9.95. The fourth-order valence-corrected chi connectivity index (χ4v) is 3.36. The van der Waals surface area contributed by atoms with Crippen LogP contribution < -0.4 is 0 Å². The van der Waals surface area contributed by atoms with Gasteiger partial charge in [0, 0.05) is 6.07 Å². The van der Waals surface area contributed by atoms with Gasteiger partial charge in [0.15, 0.2) is 5.69 Å². The highest BCUT2D eigenvalue weighted by molar-refractivity contribution is 5.98. The van der Waals surface area contributed by atoms with E-state index in [1.54, 1.807) is 24.3 Å². The van der Waals surface area contributed by atoms with Crippen LogP contribution in [0.1, 0.15) is 16.1 Å². The number of nitrogens with zero attached hydrogens (tertiary/aromatic N) is 4. The van der Waals surface area contributed by atoms with E-state index < -0.39 is 10.9 Å². The zero-order valence-corrected chi connectivity index (χ0v) is 15.7. The van der Waals surface area contributed by atoms with Gasteiger partial charge in [-0.05, 0) is 16.7 Å². The van der Waals surface area contributed by atoms with E-state index >= 15 is 0 Å². The molecule has 4 aromatic rings. The highest BCUT2D eigenvalue weighted by atomic mass is 16.6. The molecular formula is C22H16N4O4. The van der Waals surface area contributed by atoms with Crippen LogP contribution in [0.5, 0.6) is 0 Å². The van der Waals surface area contributed by atoms with Gasteiger partial charge in [-0.3, -0.25) is 10.1 Å². The molecule has 1 aromatic heterocycles. The molecule has 0 unspecified atom stereocenters. The highest BCUT2D eigenvalue weighted by Crippen LogP contribution is 2.39. The van der Waals surface area contributed by atoms with Crippen molar-refractivity contribution in [3.05, 3.63) is 100 Å². The Bertz CT molecular complexity index is 1220. The molecule has 3 aromatic carbocycles. The van der Waals surface area contributed by atoms with Crippen LogP contribution in [0, 0.1) is 10.1 Å². The third kappa shape index (κ3) is 3.53. The summed E-state index contributed by atoms with van der Waals surface area (Å²) in [5.74, 6) is -1.26. The number of aromatic carboxylic acids is 1. The smallest absolute Gasteiger partial charge is 0.356 e. The van der Waals surface area contributed by atoms with E-state index in [9.17, 15) is 20.0 Å². The zero-order chi connectivity index (χ0) is 21.1. The molecule has 0 spiro atoms. The number of hydrogen-bond acceptors (Lipinski definition) is 5. The van der Waals surface area contributed by atoms with Gasteiger partial charge in [-0.15, -0.1) is 5.10 Å². The lowest BCUT2D eigenvalue weighted by molar-refractivity contribution is -0.384. The summed E-state index contributed by atoms with van der Waals surface area (Å²) in [5.41, 5.74) is 1.72. The fourth-order valence-electron chi connectivity index (χ4n) is 3.36. The number of aromatic nitrogens is 3. The van der Waals surface area contributed by atoms with Crippen molar-refractivity contribution >= 4 is 11.7 Å². The molecule has 0 amide bonds. The third-order valence-corrected chi connectivity index (χ3v) is 4.67. The molecule has 148 valence electrons. The van der Waals surface area contributed by atoms with Gasteiger partial charge in [0.25, 0.3) is 5.69 Å². The largest absolute Gasteiger partial charge is 0.476 e. The Kier molecular flexibility index (Phi) is 5.04. The average Bonchev–Trinajstić information content (AvgIpc) is 3.18. The van der Waals surface area contributed by atoms with E-state index in [0.717, 1.165) is 5.56 Å². The van der Waals surface area contributed by atoms with Crippen molar-refractivity contribution in [3.63, 3.8) is 0 Å². The molecule has 4 rings (SSSR count). The molecule has 0 bridgehead atoms. The van der Waals surface area contributed by atoms with E-state index in [1.165, 1.54) is 10.7 Å². The minimum atomic E-state index is -1.26. The van der Waals surface area contributed by atoms with Crippen LogP contribution in [0.25, 0.3) is 22.4 Å². The first kappa shape index (κ1) is 19.0. The number of benzene rings is 3. The second-order valence-corrected chi connectivity index (χ2v) is 6.56. The van der Waals surface area contributed by atoms with Gasteiger partial charge < -0.3 is 5.11 Å². The van der Waals surface area contributed by atoms with Gasteiger partial charge in [-0.1, -0.05) is 78.0 Å². The summed E-state index contributed by atoms with van der Waals surface area (Å²) in [7, 11) is 0. The van der Waals surface area contributed by atoms with Crippen molar-refractivity contribution in [2.24, 2.45) is 0 Å². The maximum absolute atomic E-state index is 12.1. The summed E-state index contributed by atoms with van der Waals surface area (Å²) in [6.07, 6.45) is 0. The second kappa shape index (κ2) is 7.96. The van der Waals surface area contributed by atoms with Crippen LogP contribution in [0.15, 0.2) is 78.9 Å². The number of carboxylic acids is 1. The number of nitro benzene ring substituents is 1. The van der Waals surface area contributed by atoms with E-state index in [-0.39, 0.29) is 29.2 Å². The summed E-state index contributed by atoms with van der Waals surface area (Å²) in [5, 5.41) is 29.7. The van der Waals surface area contributed by atoms with Gasteiger partial charge in [0.1, 0.15) is 5.69 Å². The van der Waals surface area contributed by atoms with Crippen molar-refractivity contribution in [1.82, 2.24) is 15.0 Å². The van der Waals surface area contributed by atoms with Gasteiger partial charge in [0.2, 0.25) is 0 Å². The maximum Gasteiger partial charge on any atom is 0.356 e. The molecule has 0 aliphatic heterocycles. The molecule has 0 radical (unpaired) electrons. The summed E-state index contributed by atoms with van der Waals surface area (Å²) in [6, 6.07) is 22.9. The molecule has 1 N–H and O–H groups in total. The molecule has 0 aliphatic rings. The Labute approximate surface area is 171 Å². The molecule has 0 atom stereocenters. The standard InChI is InChI=1S/C22H16N4O4/c27-22(28)21-20(23-24-25(21)14-15-8-3-1-4-9-15)19-17(16-10-5-2-6-11-16)12-7-13-18(19)26(29)30/h1-13H,14H2,(H,27,28). The fraction of sp³-hybridized carbons (Fsp3) is 0.0455. The van der Waals surface area contributed by atoms with Crippen LogP contribution >= 0.6 is 0 Å². The molecule has 1 heterocycles. The Morgan fingerprint density at radius 1 is 0.967 bits per heavy atom. The molecule has 0 aliphatic carbocycles. The normalized spacial score (nSPS) is 10.7. The molecule has 8 heteroatoms. The maximum atomic E-state index is 12.1. The van der Waals surface area contributed by atoms with Crippen molar-refractivity contribution in [2.75, 3.05) is 0 Å². The van der Waals surface area contributed by atoms with Crippen LogP contribution in [0.2, 0.25) is 0 Å². The number of rotatable bonds is 6. The molecule has 30 heavy (non-hydrogen) atoms. The minimum absolute atomic E-state index is 0.0374. The average molecular weight is 400 g/mol. The second-order valence-electron chi connectivity index (χ2n) is 6.56. The summed E-state index contributed by atoms with van der Waals surface area (Å²) in [6.45, 7) is 0.177. The van der Waals surface area contributed by atoms with Gasteiger partial charge >= 0.3 is 5.97 Å². The zero-order valence-electron chi connectivity index (χ0n) is 15.7. The summed E-state index contributed by atoms with van der Waals surface area (Å²) < 4.78 is 1.25. The van der Waals surface area contributed by atoms with Crippen molar-refractivity contribution in [1.29, 1.82) is 0 Å².